The summed E-state index contributed by atoms with van der Waals surface area (Å²) >= 11 is 0. The number of benzene rings is 1. The molecule has 0 bridgehead atoms. The molecule has 0 spiro atoms. The first-order valence-electron chi connectivity index (χ1n) is 6.35. The first-order valence-corrected chi connectivity index (χ1v) is 7.79. The number of rotatable bonds is 7. The van der Waals surface area contributed by atoms with Gasteiger partial charge in [-0.1, -0.05) is 6.07 Å². The summed E-state index contributed by atoms with van der Waals surface area (Å²) in [6.07, 6.45) is 0. The highest BCUT2D eigenvalue weighted by Gasteiger charge is 2.29. The molecule has 0 atom stereocenters. The Morgan fingerprint density at radius 3 is 2.09 bits per heavy atom. The maximum absolute atomic E-state index is 12.6. The first-order chi connectivity index (χ1) is 10.6. The van der Waals surface area contributed by atoms with Crippen molar-refractivity contribution in [1.29, 1.82) is 0 Å². The summed E-state index contributed by atoms with van der Waals surface area (Å²) < 4.78 is 30.4. The van der Waals surface area contributed by atoms with Crippen LogP contribution >= 0.6 is 0 Å². The molecular weight excluding hydrogens is 326 g/mol. The van der Waals surface area contributed by atoms with Crippen LogP contribution in [0.15, 0.2) is 23.1 Å². The van der Waals surface area contributed by atoms with Crippen LogP contribution in [0.5, 0.6) is 0 Å². The lowest BCUT2D eigenvalue weighted by atomic mass is 10.1. The molecule has 10 heteroatoms. The van der Waals surface area contributed by atoms with Crippen LogP contribution in [-0.2, 0) is 24.3 Å². The summed E-state index contributed by atoms with van der Waals surface area (Å²) in [6.45, 7) is 0.0704. The Bertz CT molecular complexity index is 728. The minimum atomic E-state index is -4.26. The Morgan fingerprint density at radius 2 is 1.65 bits per heavy atom. The van der Waals surface area contributed by atoms with Gasteiger partial charge in [0, 0.05) is 0 Å². The van der Waals surface area contributed by atoms with Gasteiger partial charge >= 0.3 is 5.97 Å². The quantitative estimate of drug-likeness (QED) is 0.590. The summed E-state index contributed by atoms with van der Waals surface area (Å²) in [4.78, 5) is 33.4. The number of hydrogen-bond acceptors (Lipinski definition) is 6. The van der Waals surface area contributed by atoms with E-state index >= 15 is 0 Å². The van der Waals surface area contributed by atoms with Crippen LogP contribution < -0.4 is 11.5 Å². The number of amides is 2. The number of hydrogen-bond donors (Lipinski definition) is 2. The average molecular weight is 343 g/mol. The van der Waals surface area contributed by atoms with Gasteiger partial charge in [0.05, 0.1) is 30.7 Å². The molecule has 0 radical (unpaired) electrons. The van der Waals surface area contributed by atoms with Crippen molar-refractivity contribution in [3.63, 3.8) is 0 Å². The molecule has 0 aromatic heterocycles. The molecule has 0 saturated heterocycles. The minimum absolute atomic E-state index is 0.00905. The van der Waals surface area contributed by atoms with Gasteiger partial charge < -0.3 is 16.2 Å². The summed E-state index contributed by atoms with van der Waals surface area (Å²) in [6, 6.07) is 3.91. The van der Waals surface area contributed by atoms with E-state index in [-0.39, 0.29) is 10.5 Å². The lowest BCUT2D eigenvalue weighted by molar-refractivity contribution is -0.120. The third-order valence-corrected chi connectivity index (χ3v) is 4.83. The molecule has 126 valence electrons. The van der Waals surface area contributed by atoms with Crippen molar-refractivity contribution in [2.45, 2.75) is 11.8 Å². The highest BCUT2D eigenvalue weighted by molar-refractivity contribution is 7.89. The van der Waals surface area contributed by atoms with Gasteiger partial charge in [0.2, 0.25) is 21.8 Å². The average Bonchev–Trinajstić information content (AvgIpc) is 2.45. The second-order valence-corrected chi connectivity index (χ2v) is 6.58. The highest BCUT2D eigenvalue weighted by Crippen LogP contribution is 2.21. The van der Waals surface area contributed by atoms with Crippen LogP contribution in [0.25, 0.3) is 0 Å². The molecule has 1 aromatic rings. The Hall–Kier alpha value is -2.46. The van der Waals surface area contributed by atoms with E-state index < -0.39 is 40.9 Å². The molecule has 2 amide bonds. The van der Waals surface area contributed by atoms with Crippen LogP contribution in [0, 0.1) is 6.92 Å². The monoisotopic (exact) mass is 343 g/mol. The van der Waals surface area contributed by atoms with Crippen LogP contribution in [0.1, 0.15) is 15.9 Å². The molecule has 0 fully saturated rings. The predicted octanol–water partition coefficient (Wildman–Crippen LogP) is -1.26. The number of nitrogens with two attached hydrogens (primary N) is 2. The van der Waals surface area contributed by atoms with Gasteiger partial charge in [-0.3, -0.25) is 9.59 Å². The number of primary amides is 2. The molecule has 0 saturated carbocycles. The molecule has 1 aromatic carbocycles. The molecule has 1 rings (SSSR count). The second kappa shape index (κ2) is 7.20. The predicted molar refractivity (Wildman–Crippen MR) is 79.7 cm³/mol. The van der Waals surface area contributed by atoms with E-state index in [1.807, 2.05) is 0 Å². The topological polar surface area (TPSA) is 150 Å². The van der Waals surface area contributed by atoms with Crippen molar-refractivity contribution in [3.05, 3.63) is 29.3 Å². The maximum Gasteiger partial charge on any atom is 0.337 e. The number of sulfonamides is 1. The summed E-state index contributed by atoms with van der Waals surface area (Å²) in [5.41, 5.74) is 10.3. The lowest BCUT2D eigenvalue weighted by Crippen LogP contribution is -2.43. The number of carbonyl (C=O) groups excluding carboxylic acids is 3. The van der Waals surface area contributed by atoms with E-state index in [9.17, 15) is 22.8 Å². The maximum atomic E-state index is 12.6. The Kier molecular flexibility index (Phi) is 5.82. The Morgan fingerprint density at radius 1 is 1.13 bits per heavy atom. The van der Waals surface area contributed by atoms with Gasteiger partial charge in [-0.05, 0) is 24.6 Å². The number of carbonyl (C=O) groups is 3. The van der Waals surface area contributed by atoms with E-state index in [0.29, 0.717) is 9.87 Å². The third kappa shape index (κ3) is 4.50. The van der Waals surface area contributed by atoms with Crippen LogP contribution in [-0.4, -0.2) is 50.7 Å². The van der Waals surface area contributed by atoms with Crippen LogP contribution in [0.2, 0.25) is 0 Å². The van der Waals surface area contributed by atoms with Gasteiger partial charge in [-0.2, -0.15) is 4.31 Å². The number of nitrogens with zero attached hydrogens (tertiary/aromatic N) is 1. The molecule has 0 unspecified atom stereocenters. The zero-order valence-corrected chi connectivity index (χ0v) is 13.4. The summed E-state index contributed by atoms with van der Waals surface area (Å²) in [5, 5.41) is 0. The van der Waals surface area contributed by atoms with E-state index in [4.69, 9.17) is 11.5 Å². The SMILES string of the molecule is COC(=O)c1ccc(C)c(S(=O)(=O)N(CC(N)=O)CC(N)=O)c1. The highest BCUT2D eigenvalue weighted by atomic mass is 32.2. The number of methoxy groups -OCH3 is 1. The third-order valence-electron chi connectivity index (χ3n) is 2.89. The number of aryl methyl sites for hydroxylation is 1. The first kappa shape index (κ1) is 18.6. The molecule has 4 N–H and O–H groups in total. The van der Waals surface area contributed by atoms with Crippen molar-refractivity contribution in [2.75, 3.05) is 20.2 Å². The van der Waals surface area contributed by atoms with Crippen LogP contribution in [0.3, 0.4) is 0 Å². The standard InChI is InChI=1S/C13H17N3O6S/c1-8-3-4-9(13(19)22-2)5-10(8)23(20,21)16(6-11(14)17)7-12(15)18/h3-5H,6-7H2,1-2H3,(H2,14,17)(H2,15,18). The van der Waals surface area contributed by atoms with E-state index in [1.54, 1.807) is 0 Å². The zero-order valence-electron chi connectivity index (χ0n) is 12.6. The van der Waals surface area contributed by atoms with Gasteiger partial charge in [-0.15, -0.1) is 0 Å². The Labute approximate surface area is 133 Å². The largest absolute Gasteiger partial charge is 0.465 e. The van der Waals surface area contributed by atoms with Crippen molar-refractivity contribution >= 4 is 27.8 Å². The fraction of sp³-hybridized carbons (Fsp3) is 0.308. The summed E-state index contributed by atoms with van der Waals surface area (Å²) in [7, 11) is -3.11. The second-order valence-electron chi connectivity index (χ2n) is 4.68. The molecule has 23 heavy (non-hydrogen) atoms. The molecule has 0 aliphatic rings. The number of ether oxygens (including phenoxy) is 1. The number of esters is 1. The molecule has 0 aliphatic carbocycles. The Balaban J connectivity index is 3.41. The van der Waals surface area contributed by atoms with E-state index in [0.717, 1.165) is 13.2 Å². The molecular formula is C13H17N3O6S. The van der Waals surface area contributed by atoms with Gasteiger partial charge in [0.25, 0.3) is 0 Å². The normalized spacial score (nSPS) is 11.3. The smallest absolute Gasteiger partial charge is 0.337 e. The zero-order chi connectivity index (χ0) is 17.8. The summed E-state index contributed by atoms with van der Waals surface area (Å²) in [5.74, 6) is -2.62. The fourth-order valence-corrected chi connectivity index (χ4v) is 3.46. The minimum Gasteiger partial charge on any atom is -0.465 e. The van der Waals surface area contributed by atoms with Crippen molar-refractivity contribution in [1.82, 2.24) is 4.31 Å². The van der Waals surface area contributed by atoms with Gasteiger partial charge in [-0.25, -0.2) is 13.2 Å². The molecule has 9 nitrogen and oxygen atoms in total. The molecule has 0 heterocycles. The van der Waals surface area contributed by atoms with Crippen molar-refractivity contribution < 1.29 is 27.5 Å². The fourth-order valence-electron chi connectivity index (χ4n) is 1.84. The van der Waals surface area contributed by atoms with E-state index in [1.165, 1.54) is 19.1 Å². The van der Waals surface area contributed by atoms with Crippen molar-refractivity contribution in [3.8, 4) is 0 Å². The van der Waals surface area contributed by atoms with Gasteiger partial charge in [0.1, 0.15) is 0 Å². The van der Waals surface area contributed by atoms with Crippen LogP contribution in [0.4, 0.5) is 0 Å². The molecule has 0 aliphatic heterocycles. The van der Waals surface area contributed by atoms with Crippen molar-refractivity contribution in [2.24, 2.45) is 11.5 Å². The lowest BCUT2D eigenvalue weighted by Gasteiger charge is -2.20. The van der Waals surface area contributed by atoms with Gasteiger partial charge in [0.15, 0.2) is 0 Å². The van der Waals surface area contributed by atoms with E-state index in [2.05, 4.69) is 4.74 Å².